The van der Waals surface area contributed by atoms with E-state index in [0.29, 0.717) is 18.9 Å². The zero-order chi connectivity index (χ0) is 14.9. The molecule has 0 N–H and O–H groups in total. The maximum absolute atomic E-state index is 12.2. The Morgan fingerprint density at radius 2 is 2.00 bits per heavy atom. The first-order valence-electron chi connectivity index (χ1n) is 7.62. The van der Waals surface area contributed by atoms with E-state index in [0.717, 1.165) is 39.0 Å². The molecule has 0 radical (unpaired) electrons. The molecule has 3 heteroatoms. The Kier molecular flexibility index (Phi) is 6.30. The van der Waals surface area contributed by atoms with Gasteiger partial charge in [0, 0.05) is 19.5 Å². The number of rotatable bonds is 6. The largest absolute Gasteiger partial charge is 0.369 e. The van der Waals surface area contributed by atoms with E-state index in [-0.39, 0.29) is 5.91 Å². The zero-order valence-electron chi connectivity index (χ0n) is 12.5. The number of terminal acetylenes is 1. The summed E-state index contributed by atoms with van der Waals surface area (Å²) in [4.78, 5) is 14.2. The number of hydrogen-bond acceptors (Lipinski definition) is 2. The van der Waals surface area contributed by atoms with Crippen molar-refractivity contribution in [3.8, 4) is 12.3 Å². The van der Waals surface area contributed by atoms with Crippen molar-refractivity contribution in [3.63, 3.8) is 0 Å². The van der Waals surface area contributed by atoms with Gasteiger partial charge in [-0.15, -0.1) is 6.42 Å². The van der Waals surface area contributed by atoms with Gasteiger partial charge in [0.2, 0.25) is 5.91 Å². The van der Waals surface area contributed by atoms with Gasteiger partial charge in [0.15, 0.2) is 0 Å². The second kappa shape index (κ2) is 8.49. The van der Waals surface area contributed by atoms with Crippen molar-refractivity contribution in [2.45, 2.75) is 25.7 Å². The number of amides is 1. The van der Waals surface area contributed by atoms with Gasteiger partial charge in [-0.05, 0) is 30.7 Å². The minimum atomic E-state index is 0.266. The summed E-state index contributed by atoms with van der Waals surface area (Å²) in [5.41, 5.74) is 1.23. The predicted octanol–water partition coefficient (Wildman–Crippen LogP) is 2.51. The van der Waals surface area contributed by atoms with Crippen LogP contribution in [0.4, 0.5) is 0 Å². The number of aryl methyl sites for hydroxylation is 1. The van der Waals surface area contributed by atoms with Gasteiger partial charge in [-0.25, -0.2) is 0 Å². The van der Waals surface area contributed by atoms with Crippen molar-refractivity contribution in [2.75, 3.05) is 26.3 Å². The molecule has 1 aliphatic rings. The quantitative estimate of drug-likeness (QED) is 0.594. The summed E-state index contributed by atoms with van der Waals surface area (Å²) in [5, 5.41) is 0. The van der Waals surface area contributed by atoms with Crippen molar-refractivity contribution >= 4 is 5.91 Å². The third kappa shape index (κ3) is 5.24. The van der Waals surface area contributed by atoms with Crippen LogP contribution in [0.5, 0.6) is 0 Å². The van der Waals surface area contributed by atoms with Crippen molar-refractivity contribution in [1.82, 2.24) is 4.90 Å². The molecular weight excluding hydrogens is 262 g/mol. The molecule has 112 valence electrons. The lowest BCUT2D eigenvalue weighted by Crippen LogP contribution is -2.39. The van der Waals surface area contributed by atoms with E-state index >= 15 is 0 Å². The number of nitrogens with zero attached hydrogens (tertiary/aromatic N) is 1. The van der Waals surface area contributed by atoms with Crippen molar-refractivity contribution < 1.29 is 9.53 Å². The molecule has 1 saturated heterocycles. The Morgan fingerprint density at radius 1 is 1.29 bits per heavy atom. The zero-order valence-corrected chi connectivity index (χ0v) is 12.5. The topological polar surface area (TPSA) is 29.5 Å². The van der Waals surface area contributed by atoms with Crippen LogP contribution in [0.1, 0.15) is 24.8 Å². The maximum atomic E-state index is 12.2. The lowest BCUT2D eigenvalue weighted by Gasteiger charge is -2.31. The SMILES string of the molecule is C#CCOCC1CCN(C(=O)CCc2ccccc2)CC1. The van der Waals surface area contributed by atoms with Crippen molar-refractivity contribution in [2.24, 2.45) is 5.92 Å². The highest BCUT2D eigenvalue weighted by atomic mass is 16.5. The highest BCUT2D eigenvalue weighted by molar-refractivity contribution is 5.76. The van der Waals surface area contributed by atoms with Crippen LogP contribution in [-0.2, 0) is 16.0 Å². The van der Waals surface area contributed by atoms with E-state index in [1.807, 2.05) is 23.1 Å². The molecule has 1 aliphatic heterocycles. The second-order valence-corrected chi connectivity index (χ2v) is 5.53. The van der Waals surface area contributed by atoms with Crippen LogP contribution in [-0.4, -0.2) is 37.1 Å². The molecule has 0 spiro atoms. The summed E-state index contributed by atoms with van der Waals surface area (Å²) >= 11 is 0. The molecule has 0 bridgehead atoms. The fraction of sp³-hybridized carbons (Fsp3) is 0.500. The minimum Gasteiger partial charge on any atom is -0.369 e. The van der Waals surface area contributed by atoms with Crippen LogP contribution >= 0.6 is 0 Å². The molecule has 1 fully saturated rings. The van der Waals surface area contributed by atoms with Crippen molar-refractivity contribution in [3.05, 3.63) is 35.9 Å². The summed E-state index contributed by atoms with van der Waals surface area (Å²) in [7, 11) is 0. The van der Waals surface area contributed by atoms with Crippen molar-refractivity contribution in [1.29, 1.82) is 0 Å². The Bertz CT molecular complexity index is 470. The van der Waals surface area contributed by atoms with Gasteiger partial charge in [-0.1, -0.05) is 36.3 Å². The first kappa shape index (κ1) is 15.6. The van der Waals surface area contributed by atoms with Crippen LogP contribution in [0.2, 0.25) is 0 Å². The lowest BCUT2D eigenvalue weighted by atomic mass is 9.97. The molecule has 1 aromatic carbocycles. The average Bonchev–Trinajstić information content (AvgIpc) is 2.54. The third-order valence-electron chi connectivity index (χ3n) is 3.98. The second-order valence-electron chi connectivity index (χ2n) is 5.53. The Morgan fingerprint density at radius 3 is 2.67 bits per heavy atom. The molecule has 1 amide bonds. The number of piperidine rings is 1. The van der Waals surface area contributed by atoms with E-state index in [1.54, 1.807) is 0 Å². The molecule has 0 aliphatic carbocycles. The van der Waals surface area contributed by atoms with E-state index in [1.165, 1.54) is 5.56 Å². The molecule has 1 heterocycles. The normalized spacial score (nSPS) is 15.7. The van der Waals surface area contributed by atoms with Gasteiger partial charge < -0.3 is 9.64 Å². The molecule has 0 unspecified atom stereocenters. The Hall–Kier alpha value is -1.79. The molecule has 3 nitrogen and oxygen atoms in total. The number of likely N-dealkylation sites (tertiary alicyclic amines) is 1. The first-order valence-corrected chi connectivity index (χ1v) is 7.62. The average molecular weight is 285 g/mol. The number of benzene rings is 1. The number of carbonyl (C=O) groups is 1. The minimum absolute atomic E-state index is 0.266. The number of carbonyl (C=O) groups excluding carboxylic acids is 1. The molecule has 0 aromatic heterocycles. The molecule has 0 saturated carbocycles. The molecule has 0 atom stereocenters. The predicted molar refractivity (Wildman–Crippen MR) is 83.7 cm³/mol. The highest BCUT2D eigenvalue weighted by Gasteiger charge is 2.22. The van der Waals surface area contributed by atoms with E-state index in [2.05, 4.69) is 18.1 Å². The van der Waals surface area contributed by atoms with Gasteiger partial charge in [-0.2, -0.15) is 0 Å². The summed E-state index contributed by atoms with van der Waals surface area (Å²) in [5.74, 6) is 3.28. The molecule has 2 rings (SSSR count). The lowest BCUT2D eigenvalue weighted by molar-refractivity contribution is -0.132. The summed E-state index contributed by atoms with van der Waals surface area (Å²) in [6.07, 6.45) is 8.61. The van der Waals surface area contributed by atoms with Crippen LogP contribution < -0.4 is 0 Å². The third-order valence-corrected chi connectivity index (χ3v) is 3.98. The van der Waals surface area contributed by atoms with Crippen LogP contribution in [0, 0.1) is 18.3 Å². The maximum Gasteiger partial charge on any atom is 0.222 e. The smallest absolute Gasteiger partial charge is 0.222 e. The number of hydrogen-bond donors (Lipinski definition) is 0. The first-order chi connectivity index (χ1) is 10.3. The number of ether oxygens (including phenoxy) is 1. The van der Waals surface area contributed by atoms with Crippen LogP contribution in [0.3, 0.4) is 0 Å². The van der Waals surface area contributed by atoms with Gasteiger partial charge in [0.1, 0.15) is 6.61 Å². The molecule has 21 heavy (non-hydrogen) atoms. The summed E-state index contributed by atoms with van der Waals surface area (Å²) in [6.45, 7) is 2.79. The summed E-state index contributed by atoms with van der Waals surface area (Å²) < 4.78 is 5.38. The van der Waals surface area contributed by atoms with Gasteiger partial charge >= 0.3 is 0 Å². The Balaban J connectivity index is 1.67. The van der Waals surface area contributed by atoms with Crippen LogP contribution in [0.15, 0.2) is 30.3 Å². The van der Waals surface area contributed by atoms with E-state index in [4.69, 9.17) is 11.2 Å². The summed E-state index contributed by atoms with van der Waals surface area (Å²) in [6, 6.07) is 10.2. The standard InChI is InChI=1S/C18H23NO2/c1-2-14-21-15-17-10-12-19(13-11-17)18(20)9-8-16-6-4-3-5-7-16/h1,3-7,17H,8-15H2. The highest BCUT2D eigenvalue weighted by Crippen LogP contribution is 2.18. The van der Waals surface area contributed by atoms with Gasteiger partial charge in [-0.3, -0.25) is 4.79 Å². The van der Waals surface area contributed by atoms with E-state index in [9.17, 15) is 4.79 Å². The van der Waals surface area contributed by atoms with Crippen LogP contribution in [0.25, 0.3) is 0 Å². The Labute approximate surface area is 127 Å². The van der Waals surface area contributed by atoms with Gasteiger partial charge in [0.25, 0.3) is 0 Å². The fourth-order valence-corrected chi connectivity index (χ4v) is 2.69. The van der Waals surface area contributed by atoms with Gasteiger partial charge in [0.05, 0.1) is 6.61 Å². The molecule has 1 aromatic rings. The van der Waals surface area contributed by atoms with E-state index < -0.39 is 0 Å². The fourth-order valence-electron chi connectivity index (χ4n) is 2.69. The molecular formula is C18H23NO2. The monoisotopic (exact) mass is 285 g/mol.